The highest BCUT2D eigenvalue weighted by atomic mass is 35.5. The molecule has 82 valence electrons. The molecular weight excluding hydrogens is 215 g/mol. The quantitative estimate of drug-likeness (QED) is 0.696. The molecular formula is C12H14ClFO. The summed E-state index contributed by atoms with van der Waals surface area (Å²) >= 11 is 5.53. The number of hydrogen-bond acceptors (Lipinski definition) is 1. The van der Waals surface area contributed by atoms with Gasteiger partial charge in [0.1, 0.15) is 11.6 Å². The number of alkyl halides is 1. The van der Waals surface area contributed by atoms with Crippen molar-refractivity contribution in [1.82, 2.24) is 0 Å². The van der Waals surface area contributed by atoms with E-state index < -0.39 is 0 Å². The van der Waals surface area contributed by atoms with Crippen LogP contribution in [0.5, 0.6) is 5.75 Å². The van der Waals surface area contributed by atoms with E-state index >= 15 is 0 Å². The maximum Gasteiger partial charge on any atom is 0.127 e. The molecule has 0 saturated carbocycles. The smallest absolute Gasteiger partial charge is 0.127 e. The summed E-state index contributed by atoms with van der Waals surface area (Å²) in [6.07, 6.45) is 4.54. The maximum absolute atomic E-state index is 13.1. The standard InChI is InChI=1S/C12H14ClFO/c1-2-15-12-8-10(5-3-4-6-13)7-11(14)9-12/h3,5,7-9H,2,4,6H2,1H3. The summed E-state index contributed by atoms with van der Waals surface area (Å²) in [6, 6.07) is 4.65. The summed E-state index contributed by atoms with van der Waals surface area (Å²) in [4.78, 5) is 0. The van der Waals surface area contributed by atoms with E-state index in [1.54, 1.807) is 6.07 Å². The molecule has 0 N–H and O–H groups in total. The summed E-state index contributed by atoms with van der Waals surface area (Å²) in [5.41, 5.74) is 0.795. The van der Waals surface area contributed by atoms with E-state index in [0.29, 0.717) is 18.2 Å². The maximum atomic E-state index is 13.1. The lowest BCUT2D eigenvalue weighted by Crippen LogP contribution is -1.92. The predicted molar refractivity (Wildman–Crippen MR) is 61.9 cm³/mol. The van der Waals surface area contributed by atoms with Crippen LogP contribution in [0.1, 0.15) is 18.9 Å². The van der Waals surface area contributed by atoms with Gasteiger partial charge in [0.25, 0.3) is 0 Å². The molecule has 0 aromatic heterocycles. The van der Waals surface area contributed by atoms with Crippen molar-refractivity contribution in [3.8, 4) is 5.75 Å². The van der Waals surface area contributed by atoms with Crippen LogP contribution in [0, 0.1) is 5.82 Å². The highest BCUT2D eigenvalue weighted by Crippen LogP contribution is 2.17. The molecule has 15 heavy (non-hydrogen) atoms. The Labute approximate surface area is 94.5 Å². The lowest BCUT2D eigenvalue weighted by atomic mass is 10.2. The van der Waals surface area contributed by atoms with Crippen LogP contribution in [0.2, 0.25) is 0 Å². The highest BCUT2D eigenvalue weighted by molar-refractivity contribution is 6.17. The molecule has 1 aromatic rings. The number of ether oxygens (including phenoxy) is 1. The first-order valence-corrected chi connectivity index (χ1v) is 5.45. The molecule has 0 atom stereocenters. The number of hydrogen-bond donors (Lipinski definition) is 0. The van der Waals surface area contributed by atoms with Gasteiger partial charge in [0.2, 0.25) is 0 Å². The predicted octanol–water partition coefficient (Wildman–Crippen LogP) is 3.87. The van der Waals surface area contributed by atoms with Crippen molar-refractivity contribution in [1.29, 1.82) is 0 Å². The molecule has 1 rings (SSSR count). The van der Waals surface area contributed by atoms with Gasteiger partial charge in [-0.3, -0.25) is 0 Å². The number of halogens is 2. The molecule has 0 fully saturated rings. The van der Waals surface area contributed by atoms with Gasteiger partial charge < -0.3 is 4.74 Å². The molecule has 0 amide bonds. The molecule has 1 aromatic carbocycles. The molecule has 0 saturated heterocycles. The summed E-state index contributed by atoms with van der Waals surface area (Å²) in [5.74, 6) is 0.846. The Bertz CT molecular complexity index is 336. The Morgan fingerprint density at radius 3 is 2.87 bits per heavy atom. The van der Waals surface area contributed by atoms with Gasteiger partial charge in [-0.1, -0.05) is 12.2 Å². The zero-order chi connectivity index (χ0) is 11.1. The SMILES string of the molecule is CCOc1cc(F)cc(C=CCCCl)c1. The fourth-order valence-corrected chi connectivity index (χ4v) is 1.34. The van der Waals surface area contributed by atoms with Crippen LogP contribution in [0.4, 0.5) is 4.39 Å². The van der Waals surface area contributed by atoms with Crippen molar-refractivity contribution in [2.75, 3.05) is 12.5 Å². The fraction of sp³-hybridized carbons (Fsp3) is 0.333. The van der Waals surface area contributed by atoms with Crippen LogP contribution in [0.15, 0.2) is 24.3 Å². The molecule has 0 aliphatic rings. The van der Waals surface area contributed by atoms with Crippen molar-refractivity contribution in [3.63, 3.8) is 0 Å². The zero-order valence-electron chi connectivity index (χ0n) is 8.67. The minimum atomic E-state index is -0.286. The molecule has 1 nitrogen and oxygen atoms in total. The number of benzene rings is 1. The third-order valence-electron chi connectivity index (χ3n) is 1.79. The monoisotopic (exact) mass is 228 g/mol. The first-order chi connectivity index (χ1) is 7.26. The van der Waals surface area contributed by atoms with E-state index in [4.69, 9.17) is 16.3 Å². The second-order valence-electron chi connectivity index (χ2n) is 3.03. The molecule has 0 spiro atoms. The van der Waals surface area contributed by atoms with Gasteiger partial charge in [-0.15, -0.1) is 11.6 Å². The summed E-state index contributed by atoms with van der Waals surface area (Å²) in [5, 5.41) is 0. The van der Waals surface area contributed by atoms with E-state index in [1.807, 2.05) is 19.1 Å². The van der Waals surface area contributed by atoms with Gasteiger partial charge in [0.05, 0.1) is 6.61 Å². The van der Waals surface area contributed by atoms with Gasteiger partial charge in [-0.2, -0.15) is 0 Å². The van der Waals surface area contributed by atoms with Crippen molar-refractivity contribution in [3.05, 3.63) is 35.7 Å². The van der Waals surface area contributed by atoms with Crippen molar-refractivity contribution < 1.29 is 9.13 Å². The van der Waals surface area contributed by atoms with Gasteiger partial charge >= 0.3 is 0 Å². The van der Waals surface area contributed by atoms with Crippen LogP contribution in [-0.4, -0.2) is 12.5 Å². The Morgan fingerprint density at radius 2 is 2.20 bits per heavy atom. The van der Waals surface area contributed by atoms with Gasteiger partial charge in [0.15, 0.2) is 0 Å². The molecule has 0 bridgehead atoms. The number of allylic oxidation sites excluding steroid dienone is 1. The van der Waals surface area contributed by atoms with Crippen molar-refractivity contribution >= 4 is 17.7 Å². The second kappa shape index (κ2) is 6.46. The fourth-order valence-electron chi connectivity index (χ4n) is 1.21. The Hall–Kier alpha value is -1.02. The van der Waals surface area contributed by atoms with Crippen molar-refractivity contribution in [2.45, 2.75) is 13.3 Å². The summed E-state index contributed by atoms with van der Waals surface area (Å²) in [6.45, 7) is 2.40. The van der Waals surface area contributed by atoms with Crippen LogP contribution in [0.25, 0.3) is 6.08 Å². The lowest BCUT2D eigenvalue weighted by molar-refractivity contribution is 0.338. The largest absolute Gasteiger partial charge is 0.494 e. The number of rotatable bonds is 5. The molecule has 3 heteroatoms. The normalized spacial score (nSPS) is 10.9. The summed E-state index contributed by atoms with van der Waals surface area (Å²) in [7, 11) is 0. The molecule has 0 heterocycles. The average molecular weight is 229 g/mol. The van der Waals surface area contributed by atoms with Gasteiger partial charge in [-0.05, 0) is 31.0 Å². The first kappa shape index (κ1) is 12.1. The first-order valence-electron chi connectivity index (χ1n) is 4.92. The molecule has 0 aliphatic heterocycles. The van der Waals surface area contributed by atoms with E-state index in [0.717, 1.165) is 12.0 Å². The minimum absolute atomic E-state index is 0.286. The Kier molecular flexibility index (Phi) is 5.19. The second-order valence-corrected chi connectivity index (χ2v) is 3.41. The van der Waals surface area contributed by atoms with E-state index in [1.165, 1.54) is 12.1 Å². The summed E-state index contributed by atoms with van der Waals surface area (Å²) < 4.78 is 18.4. The molecule has 0 radical (unpaired) electrons. The van der Waals surface area contributed by atoms with Crippen LogP contribution >= 0.6 is 11.6 Å². The third kappa shape index (κ3) is 4.34. The topological polar surface area (TPSA) is 9.23 Å². The van der Waals surface area contributed by atoms with E-state index in [2.05, 4.69) is 0 Å². The van der Waals surface area contributed by atoms with Gasteiger partial charge in [0, 0.05) is 11.9 Å². The van der Waals surface area contributed by atoms with Crippen LogP contribution < -0.4 is 4.74 Å². The minimum Gasteiger partial charge on any atom is -0.494 e. The van der Waals surface area contributed by atoms with Crippen LogP contribution in [-0.2, 0) is 0 Å². The molecule has 0 aliphatic carbocycles. The van der Waals surface area contributed by atoms with E-state index in [9.17, 15) is 4.39 Å². The van der Waals surface area contributed by atoms with Crippen molar-refractivity contribution in [2.24, 2.45) is 0 Å². The third-order valence-corrected chi connectivity index (χ3v) is 2.01. The zero-order valence-corrected chi connectivity index (χ0v) is 9.43. The Balaban J connectivity index is 2.78. The van der Waals surface area contributed by atoms with E-state index in [-0.39, 0.29) is 5.82 Å². The highest BCUT2D eigenvalue weighted by Gasteiger charge is 1.98. The average Bonchev–Trinajstić information content (AvgIpc) is 2.18. The van der Waals surface area contributed by atoms with Gasteiger partial charge in [-0.25, -0.2) is 4.39 Å². The molecule has 0 unspecified atom stereocenters. The Morgan fingerprint density at radius 1 is 1.40 bits per heavy atom. The van der Waals surface area contributed by atoms with Crippen LogP contribution in [0.3, 0.4) is 0 Å². The lowest BCUT2D eigenvalue weighted by Gasteiger charge is -2.04.